The quantitative estimate of drug-likeness (QED) is 0.545. The summed E-state index contributed by atoms with van der Waals surface area (Å²) in [6, 6.07) is 11.1. The second kappa shape index (κ2) is 9.36. The molecule has 3 aromatic rings. The Morgan fingerprint density at radius 3 is 2.69 bits per heavy atom. The fraction of sp³-hybridized carbons (Fsp3) is 0.280. The van der Waals surface area contributed by atoms with Gasteiger partial charge in [0.15, 0.2) is 6.73 Å². The number of rotatable bonds is 4. The molecule has 8 nitrogen and oxygen atoms in total. The maximum Gasteiger partial charge on any atom is 0.268 e. The number of carbonyl (C=O) groups excluding carboxylic acids is 2. The Balaban J connectivity index is 1.32. The zero-order valence-corrected chi connectivity index (χ0v) is 20.7. The van der Waals surface area contributed by atoms with Gasteiger partial charge in [-0.05, 0) is 54.7 Å². The summed E-state index contributed by atoms with van der Waals surface area (Å²) in [5.41, 5.74) is 3.82. The summed E-state index contributed by atoms with van der Waals surface area (Å²) >= 11 is 12.5. The van der Waals surface area contributed by atoms with Crippen LogP contribution in [-0.4, -0.2) is 47.5 Å². The number of amides is 2. The number of benzene rings is 2. The van der Waals surface area contributed by atoms with E-state index in [1.165, 1.54) is 22.2 Å². The van der Waals surface area contributed by atoms with Gasteiger partial charge in [0.2, 0.25) is 17.7 Å². The topological polar surface area (TPSA) is 87.7 Å². The molecular weight excluding hydrogens is 489 g/mol. The molecule has 1 atom stereocenters. The minimum absolute atomic E-state index is 0.0233. The van der Waals surface area contributed by atoms with Crippen LogP contribution in [0.3, 0.4) is 0 Å². The first-order valence-electron chi connectivity index (χ1n) is 11.2. The molecule has 1 aromatic heterocycles. The Morgan fingerprint density at radius 1 is 1.17 bits per heavy atom. The molecule has 0 bridgehead atoms. The van der Waals surface area contributed by atoms with Crippen LogP contribution in [0.25, 0.3) is 0 Å². The van der Waals surface area contributed by atoms with E-state index in [1.54, 1.807) is 37.2 Å². The summed E-state index contributed by atoms with van der Waals surface area (Å²) in [4.78, 5) is 37.1. The molecule has 0 saturated carbocycles. The Labute approximate surface area is 212 Å². The minimum Gasteiger partial charge on any atom is -0.455 e. The second-order valence-corrected chi connectivity index (χ2v) is 9.58. The number of aryl methyl sites for hydroxylation is 1. The molecule has 2 aliphatic rings. The predicted molar refractivity (Wildman–Crippen MR) is 135 cm³/mol. The number of nitrogens with zero attached hydrogens (tertiary/aromatic N) is 4. The van der Waals surface area contributed by atoms with Crippen molar-refractivity contribution in [3.8, 4) is 5.88 Å². The number of hydrogen-bond donors (Lipinski definition) is 1. The van der Waals surface area contributed by atoms with Crippen molar-refractivity contribution in [3.05, 3.63) is 69.3 Å². The van der Waals surface area contributed by atoms with Gasteiger partial charge in [0.05, 0.1) is 15.7 Å². The lowest BCUT2D eigenvalue weighted by Crippen LogP contribution is -2.39. The first-order valence-corrected chi connectivity index (χ1v) is 11.9. The van der Waals surface area contributed by atoms with Crippen molar-refractivity contribution in [3.63, 3.8) is 0 Å². The summed E-state index contributed by atoms with van der Waals surface area (Å²) in [6.45, 7) is -0.0720. The fourth-order valence-electron chi connectivity index (χ4n) is 4.46. The van der Waals surface area contributed by atoms with Crippen molar-refractivity contribution >= 4 is 52.3 Å². The van der Waals surface area contributed by atoms with Crippen LogP contribution in [0.5, 0.6) is 5.88 Å². The third-order valence-corrected chi connectivity index (χ3v) is 6.86. The van der Waals surface area contributed by atoms with Crippen LogP contribution in [0.4, 0.5) is 17.3 Å². The molecule has 0 spiro atoms. The molecule has 2 amide bonds. The van der Waals surface area contributed by atoms with E-state index in [0.717, 1.165) is 24.9 Å². The summed E-state index contributed by atoms with van der Waals surface area (Å²) in [5, 5.41) is 3.89. The largest absolute Gasteiger partial charge is 0.455 e. The number of para-hydroxylation sites is 1. The fourth-order valence-corrected chi connectivity index (χ4v) is 5.07. The third kappa shape index (κ3) is 4.51. The summed E-state index contributed by atoms with van der Waals surface area (Å²) in [5.74, 6) is 0.357. The SMILES string of the molecule is CN(C)C(=O)C1CCc2cc(Nc3ncc4c(n3)OCN(c3c(Cl)cccc3Cl)C4=O)ccc2C1. The van der Waals surface area contributed by atoms with Gasteiger partial charge in [-0.3, -0.25) is 14.5 Å². The first kappa shape index (κ1) is 23.4. The zero-order chi connectivity index (χ0) is 24.7. The van der Waals surface area contributed by atoms with E-state index in [1.807, 2.05) is 12.1 Å². The smallest absolute Gasteiger partial charge is 0.268 e. The number of nitrogens with one attached hydrogen (secondary N) is 1. The van der Waals surface area contributed by atoms with Gasteiger partial charge in [-0.15, -0.1) is 0 Å². The molecule has 5 rings (SSSR count). The molecule has 0 saturated heterocycles. The van der Waals surface area contributed by atoms with Crippen molar-refractivity contribution < 1.29 is 14.3 Å². The minimum atomic E-state index is -0.344. The number of carbonyl (C=O) groups is 2. The van der Waals surface area contributed by atoms with Crippen molar-refractivity contribution in [2.45, 2.75) is 19.3 Å². The second-order valence-electron chi connectivity index (χ2n) is 8.77. The maximum absolute atomic E-state index is 13.1. The number of fused-ring (bicyclic) bond motifs is 2. The van der Waals surface area contributed by atoms with Crippen LogP contribution in [0.15, 0.2) is 42.6 Å². The van der Waals surface area contributed by atoms with Gasteiger partial charge in [-0.25, -0.2) is 4.98 Å². The molecule has 2 aromatic carbocycles. The lowest BCUT2D eigenvalue weighted by molar-refractivity contribution is -0.133. The van der Waals surface area contributed by atoms with E-state index in [0.29, 0.717) is 21.7 Å². The van der Waals surface area contributed by atoms with Crippen LogP contribution in [0.1, 0.15) is 27.9 Å². The lowest BCUT2D eigenvalue weighted by Gasteiger charge is -2.29. The Morgan fingerprint density at radius 2 is 1.94 bits per heavy atom. The van der Waals surface area contributed by atoms with E-state index < -0.39 is 0 Å². The predicted octanol–water partition coefficient (Wildman–Crippen LogP) is 4.72. The Bertz CT molecular complexity index is 1310. The van der Waals surface area contributed by atoms with E-state index >= 15 is 0 Å². The lowest BCUT2D eigenvalue weighted by atomic mass is 9.83. The molecule has 1 N–H and O–H groups in total. The molecule has 2 heterocycles. The van der Waals surface area contributed by atoms with Crippen LogP contribution < -0.4 is 15.0 Å². The normalized spacial score (nSPS) is 16.7. The Kier molecular flexibility index (Phi) is 6.25. The number of anilines is 3. The van der Waals surface area contributed by atoms with Gasteiger partial charge in [0.25, 0.3) is 5.91 Å². The zero-order valence-electron chi connectivity index (χ0n) is 19.2. The van der Waals surface area contributed by atoms with Gasteiger partial charge < -0.3 is 15.0 Å². The molecule has 35 heavy (non-hydrogen) atoms. The summed E-state index contributed by atoms with van der Waals surface area (Å²) < 4.78 is 5.75. The summed E-state index contributed by atoms with van der Waals surface area (Å²) in [6.07, 6.45) is 3.83. The number of hydrogen-bond acceptors (Lipinski definition) is 6. The first-order chi connectivity index (χ1) is 16.8. The molecule has 0 radical (unpaired) electrons. The van der Waals surface area contributed by atoms with Crippen LogP contribution >= 0.6 is 23.2 Å². The van der Waals surface area contributed by atoms with Crippen molar-refractivity contribution in [1.29, 1.82) is 0 Å². The standard InChI is InChI=1S/C25H23Cl2N5O3/c1-31(2)23(33)16-7-6-15-11-17(9-8-14(15)10-16)29-25-28-12-18-22(30-25)35-13-32(24(18)34)21-19(26)4-3-5-20(21)27/h3-5,8-9,11-12,16H,6-7,10,13H2,1-2H3,(H,28,29,30). The van der Waals surface area contributed by atoms with Crippen LogP contribution in [-0.2, 0) is 17.6 Å². The van der Waals surface area contributed by atoms with E-state index in [4.69, 9.17) is 27.9 Å². The van der Waals surface area contributed by atoms with Gasteiger partial charge >= 0.3 is 0 Å². The maximum atomic E-state index is 13.1. The average molecular weight is 512 g/mol. The van der Waals surface area contributed by atoms with Crippen molar-refractivity contribution in [1.82, 2.24) is 14.9 Å². The third-order valence-electron chi connectivity index (χ3n) is 6.25. The van der Waals surface area contributed by atoms with Crippen molar-refractivity contribution in [2.75, 3.05) is 31.0 Å². The van der Waals surface area contributed by atoms with Gasteiger partial charge in [-0.2, -0.15) is 4.98 Å². The molecule has 180 valence electrons. The molecule has 0 fully saturated rings. The highest BCUT2D eigenvalue weighted by atomic mass is 35.5. The van der Waals surface area contributed by atoms with Crippen molar-refractivity contribution in [2.24, 2.45) is 5.92 Å². The molecule has 1 unspecified atom stereocenters. The molecule has 1 aliphatic carbocycles. The van der Waals surface area contributed by atoms with E-state index in [-0.39, 0.29) is 35.9 Å². The number of aromatic nitrogens is 2. The number of halogens is 2. The molecular formula is C25H23Cl2N5O3. The Hall–Kier alpha value is -3.36. The highest BCUT2D eigenvalue weighted by molar-refractivity contribution is 6.40. The van der Waals surface area contributed by atoms with Crippen LogP contribution in [0, 0.1) is 5.92 Å². The van der Waals surface area contributed by atoms with Gasteiger partial charge in [0.1, 0.15) is 5.56 Å². The highest BCUT2D eigenvalue weighted by Crippen LogP contribution is 2.37. The molecule has 10 heteroatoms. The highest BCUT2D eigenvalue weighted by Gasteiger charge is 2.31. The van der Waals surface area contributed by atoms with Gasteiger partial charge in [-0.1, -0.05) is 35.3 Å². The summed E-state index contributed by atoms with van der Waals surface area (Å²) in [7, 11) is 3.59. The van der Waals surface area contributed by atoms with E-state index in [2.05, 4.69) is 21.4 Å². The van der Waals surface area contributed by atoms with Crippen LogP contribution in [0.2, 0.25) is 10.0 Å². The monoisotopic (exact) mass is 511 g/mol. The van der Waals surface area contributed by atoms with Gasteiger partial charge in [0, 0.05) is 31.9 Å². The molecule has 1 aliphatic heterocycles. The average Bonchev–Trinajstić information content (AvgIpc) is 2.84. The van der Waals surface area contributed by atoms with E-state index in [9.17, 15) is 9.59 Å². The number of ether oxygens (including phenoxy) is 1.